The summed E-state index contributed by atoms with van der Waals surface area (Å²) in [5.74, 6) is 0.641. The molecule has 0 fully saturated rings. The highest BCUT2D eigenvalue weighted by Crippen LogP contribution is 2.31. The minimum absolute atomic E-state index is 0.641. The summed E-state index contributed by atoms with van der Waals surface area (Å²) in [4.78, 5) is 2.65. The van der Waals surface area contributed by atoms with E-state index in [1.807, 2.05) is 0 Å². The van der Waals surface area contributed by atoms with Gasteiger partial charge in [0.25, 0.3) is 0 Å². The van der Waals surface area contributed by atoms with Gasteiger partial charge in [-0.1, -0.05) is 42.5 Å². The molecule has 1 N–H and O–H groups in total. The van der Waals surface area contributed by atoms with Crippen molar-refractivity contribution in [2.75, 3.05) is 31.5 Å². The summed E-state index contributed by atoms with van der Waals surface area (Å²) in [7, 11) is 0. The maximum atomic E-state index is 3.55. The number of para-hydroxylation sites is 1. The van der Waals surface area contributed by atoms with Crippen molar-refractivity contribution in [1.29, 1.82) is 0 Å². The number of fused-ring (bicyclic) bond motifs is 2. The summed E-state index contributed by atoms with van der Waals surface area (Å²) in [5, 5.41) is 3.55. The predicted molar refractivity (Wildman–Crippen MR) is 88.0 cm³/mol. The minimum Gasteiger partial charge on any atom is -0.384 e. The molecule has 0 saturated heterocycles. The first-order chi connectivity index (χ1) is 10.4. The third-order valence-corrected chi connectivity index (χ3v) is 4.93. The van der Waals surface area contributed by atoms with E-state index in [-0.39, 0.29) is 0 Å². The standard InChI is InChI=1S/C19H22N2/c1-2-6-16-10-12-21(11-9-15(16)5-1)14-17-13-20-19-8-4-3-7-18(17)19/h1-8,17,20H,9-14H2. The highest BCUT2D eigenvalue weighted by atomic mass is 15.1. The van der Waals surface area contributed by atoms with Gasteiger partial charge in [0.15, 0.2) is 0 Å². The maximum absolute atomic E-state index is 3.55. The lowest BCUT2D eigenvalue weighted by Gasteiger charge is -2.23. The first-order valence-electron chi connectivity index (χ1n) is 8.02. The van der Waals surface area contributed by atoms with Crippen molar-refractivity contribution in [3.8, 4) is 0 Å². The molecule has 1 unspecified atom stereocenters. The SMILES string of the molecule is c1ccc2c(c1)CCN(CC1CNc3ccccc31)CC2. The summed E-state index contributed by atoms with van der Waals surface area (Å²) in [6.07, 6.45) is 2.38. The second kappa shape index (κ2) is 5.53. The van der Waals surface area contributed by atoms with Crippen LogP contribution in [0.1, 0.15) is 22.6 Å². The van der Waals surface area contributed by atoms with E-state index in [9.17, 15) is 0 Å². The van der Waals surface area contributed by atoms with E-state index in [1.165, 1.54) is 43.7 Å². The summed E-state index contributed by atoms with van der Waals surface area (Å²) in [5.41, 5.74) is 5.93. The molecule has 2 aliphatic rings. The van der Waals surface area contributed by atoms with Crippen LogP contribution in [0.4, 0.5) is 5.69 Å². The van der Waals surface area contributed by atoms with Gasteiger partial charge in [-0.25, -0.2) is 0 Å². The summed E-state index contributed by atoms with van der Waals surface area (Å²) in [6.45, 7) is 4.64. The van der Waals surface area contributed by atoms with E-state index >= 15 is 0 Å². The highest BCUT2D eigenvalue weighted by molar-refractivity contribution is 5.57. The van der Waals surface area contributed by atoms with Gasteiger partial charge < -0.3 is 10.2 Å². The first kappa shape index (κ1) is 12.9. The van der Waals surface area contributed by atoms with Crippen molar-refractivity contribution in [2.45, 2.75) is 18.8 Å². The lowest BCUT2D eigenvalue weighted by atomic mass is 10.0. The zero-order valence-corrected chi connectivity index (χ0v) is 12.4. The molecule has 0 spiro atoms. The molecule has 0 bridgehead atoms. The Morgan fingerprint density at radius 1 is 0.905 bits per heavy atom. The number of rotatable bonds is 2. The lowest BCUT2D eigenvalue weighted by Crippen LogP contribution is -2.31. The molecule has 1 atom stereocenters. The molecule has 0 saturated carbocycles. The molecule has 0 aliphatic carbocycles. The molecule has 2 nitrogen and oxygen atoms in total. The van der Waals surface area contributed by atoms with E-state index in [0.717, 1.165) is 6.54 Å². The molecule has 2 aromatic carbocycles. The van der Waals surface area contributed by atoms with E-state index in [1.54, 1.807) is 11.1 Å². The molecule has 0 amide bonds. The van der Waals surface area contributed by atoms with Crippen LogP contribution in [-0.2, 0) is 12.8 Å². The van der Waals surface area contributed by atoms with Crippen molar-refractivity contribution in [2.24, 2.45) is 0 Å². The van der Waals surface area contributed by atoms with Crippen molar-refractivity contribution in [3.63, 3.8) is 0 Å². The number of hydrogen-bond acceptors (Lipinski definition) is 2. The fourth-order valence-electron chi connectivity index (χ4n) is 3.73. The third-order valence-electron chi connectivity index (χ3n) is 4.93. The first-order valence-corrected chi connectivity index (χ1v) is 8.02. The largest absolute Gasteiger partial charge is 0.384 e. The van der Waals surface area contributed by atoms with Crippen LogP contribution in [0.2, 0.25) is 0 Å². The number of nitrogens with zero attached hydrogens (tertiary/aromatic N) is 1. The van der Waals surface area contributed by atoms with Gasteiger partial charge in [0.05, 0.1) is 0 Å². The van der Waals surface area contributed by atoms with Gasteiger partial charge in [0.1, 0.15) is 0 Å². The number of benzene rings is 2. The molecular weight excluding hydrogens is 256 g/mol. The van der Waals surface area contributed by atoms with Crippen LogP contribution in [0.5, 0.6) is 0 Å². The van der Waals surface area contributed by atoms with Gasteiger partial charge in [0, 0.05) is 37.8 Å². The predicted octanol–water partition coefficient (Wildman–Crippen LogP) is 3.30. The topological polar surface area (TPSA) is 15.3 Å². The Bertz CT molecular complexity index is 608. The Labute approximate surface area is 126 Å². The third kappa shape index (κ3) is 2.56. The molecule has 2 aliphatic heterocycles. The second-order valence-electron chi connectivity index (χ2n) is 6.23. The molecule has 2 heterocycles. The Kier molecular flexibility index (Phi) is 3.40. The van der Waals surface area contributed by atoms with Crippen molar-refractivity contribution < 1.29 is 0 Å². The molecule has 21 heavy (non-hydrogen) atoms. The van der Waals surface area contributed by atoms with E-state index < -0.39 is 0 Å². The zero-order valence-electron chi connectivity index (χ0n) is 12.4. The van der Waals surface area contributed by atoms with E-state index in [2.05, 4.69) is 58.7 Å². The Morgan fingerprint density at radius 2 is 1.57 bits per heavy atom. The Hall–Kier alpha value is -1.80. The molecule has 2 heteroatoms. The minimum atomic E-state index is 0.641. The van der Waals surface area contributed by atoms with Crippen LogP contribution in [0, 0.1) is 0 Å². The van der Waals surface area contributed by atoms with Crippen LogP contribution in [0.25, 0.3) is 0 Å². The molecule has 2 aromatic rings. The average Bonchev–Trinajstić information content (AvgIpc) is 2.82. The smallest absolute Gasteiger partial charge is 0.0376 e. The summed E-state index contributed by atoms with van der Waals surface area (Å²) in [6, 6.07) is 17.7. The number of anilines is 1. The van der Waals surface area contributed by atoms with Crippen LogP contribution >= 0.6 is 0 Å². The van der Waals surface area contributed by atoms with E-state index in [4.69, 9.17) is 0 Å². The fraction of sp³-hybridized carbons (Fsp3) is 0.368. The Balaban J connectivity index is 1.46. The van der Waals surface area contributed by atoms with E-state index in [0.29, 0.717) is 5.92 Å². The molecule has 4 rings (SSSR count). The monoisotopic (exact) mass is 278 g/mol. The van der Waals surface area contributed by atoms with Crippen molar-refractivity contribution >= 4 is 5.69 Å². The van der Waals surface area contributed by atoms with Gasteiger partial charge in [0.2, 0.25) is 0 Å². The van der Waals surface area contributed by atoms with Crippen LogP contribution in [-0.4, -0.2) is 31.1 Å². The lowest BCUT2D eigenvalue weighted by molar-refractivity contribution is 0.273. The van der Waals surface area contributed by atoms with Crippen LogP contribution in [0.15, 0.2) is 48.5 Å². The fourth-order valence-corrected chi connectivity index (χ4v) is 3.73. The quantitative estimate of drug-likeness (QED) is 0.907. The average molecular weight is 278 g/mol. The van der Waals surface area contributed by atoms with Gasteiger partial charge in [-0.2, -0.15) is 0 Å². The molecular formula is C19H22N2. The molecule has 0 radical (unpaired) electrons. The number of hydrogen-bond donors (Lipinski definition) is 1. The van der Waals surface area contributed by atoms with Crippen LogP contribution in [0.3, 0.4) is 0 Å². The number of nitrogens with one attached hydrogen (secondary N) is 1. The normalized spacial score (nSPS) is 21.2. The van der Waals surface area contributed by atoms with Gasteiger partial charge in [-0.3, -0.25) is 0 Å². The maximum Gasteiger partial charge on any atom is 0.0376 e. The van der Waals surface area contributed by atoms with Gasteiger partial charge >= 0.3 is 0 Å². The zero-order chi connectivity index (χ0) is 14.1. The molecule has 0 aromatic heterocycles. The van der Waals surface area contributed by atoms with Crippen molar-refractivity contribution in [3.05, 3.63) is 65.2 Å². The molecule has 108 valence electrons. The van der Waals surface area contributed by atoms with Gasteiger partial charge in [-0.05, 0) is 35.6 Å². The highest BCUT2D eigenvalue weighted by Gasteiger charge is 2.24. The summed E-state index contributed by atoms with van der Waals surface area (Å²) >= 11 is 0. The van der Waals surface area contributed by atoms with Crippen LogP contribution < -0.4 is 5.32 Å². The second-order valence-corrected chi connectivity index (χ2v) is 6.23. The Morgan fingerprint density at radius 3 is 2.33 bits per heavy atom. The summed E-state index contributed by atoms with van der Waals surface area (Å²) < 4.78 is 0. The van der Waals surface area contributed by atoms with Gasteiger partial charge in [-0.15, -0.1) is 0 Å². The van der Waals surface area contributed by atoms with Crippen molar-refractivity contribution in [1.82, 2.24) is 4.90 Å².